The molecule has 0 aromatic carbocycles. The Morgan fingerprint density at radius 3 is 2.55 bits per heavy atom. The summed E-state index contributed by atoms with van der Waals surface area (Å²) in [5.41, 5.74) is 1.72. The van der Waals surface area contributed by atoms with Crippen LogP contribution in [0.5, 0.6) is 0 Å². The van der Waals surface area contributed by atoms with Crippen LogP contribution in [0.1, 0.15) is 0 Å². The number of hydrogen-bond donors (Lipinski definition) is 8. The van der Waals surface area contributed by atoms with Gasteiger partial charge in [0, 0.05) is 0 Å². The maximum atomic E-state index is 12.5. The fraction of sp³-hybridized carbons (Fsp3) is 0.909. The molecule has 4 fully saturated rings. The largest absolute Gasteiger partial charge is 0.805 e. The fourth-order valence-corrected chi connectivity index (χ4v) is 4.28. The molecule has 0 radical (unpaired) electrons. The molecule has 5 aliphatic rings. The number of guanidine groups is 1. The molecule has 11 nitrogen and oxygen atoms in total. The van der Waals surface area contributed by atoms with E-state index in [4.69, 9.17) is 15.2 Å². The summed E-state index contributed by atoms with van der Waals surface area (Å²) in [4.78, 5) is 2.45. The van der Waals surface area contributed by atoms with Crippen LogP contribution in [0.3, 0.4) is 0 Å². The van der Waals surface area contributed by atoms with Crippen molar-refractivity contribution in [3.63, 3.8) is 0 Å². The van der Waals surface area contributed by atoms with E-state index >= 15 is 0 Å². The van der Waals surface area contributed by atoms with Crippen LogP contribution >= 0.6 is 0 Å². The molecule has 9 atom stereocenters. The highest BCUT2D eigenvalue weighted by Gasteiger charge is 2.81. The number of ether oxygens (including phenoxy) is 2. The summed E-state index contributed by atoms with van der Waals surface area (Å²) in [5.74, 6) is -4.07. The van der Waals surface area contributed by atoms with Crippen molar-refractivity contribution in [2.45, 2.75) is 47.8 Å². The molecule has 0 aromatic heterocycles. The van der Waals surface area contributed by atoms with Gasteiger partial charge in [0.15, 0.2) is 11.8 Å². The molecule has 1 spiro atoms. The van der Waals surface area contributed by atoms with Crippen LogP contribution in [0.15, 0.2) is 0 Å². The smallest absolute Gasteiger partial charge is 0.343 e. The minimum absolute atomic E-state index is 0.153. The van der Waals surface area contributed by atoms with Gasteiger partial charge in [-0.1, -0.05) is 0 Å². The first kappa shape index (κ1) is 14.5. The number of rotatable bonds is 1. The van der Waals surface area contributed by atoms with Crippen molar-refractivity contribution in [1.82, 2.24) is 5.32 Å². The maximum Gasteiger partial charge on any atom is 0.343 e. The lowest BCUT2D eigenvalue weighted by atomic mass is 9.55. The minimum atomic E-state index is -2.75. The summed E-state index contributed by atoms with van der Waals surface area (Å²) in [6.07, 6.45) is -7.87. The van der Waals surface area contributed by atoms with Crippen LogP contribution in [0, 0.1) is 5.92 Å². The number of hydrogen-bond acceptors (Lipinski definition) is 10. The molecule has 3 saturated heterocycles. The van der Waals surface area contributed by atoms with Gasteiger partial charge in [0.05, 0.1) is 12.5 Å². The molecule has 4 heterocycles. The average molecular weight is 319 g/mol. The third kappa shape index (κ3) is 1.28. The number of aliphatic hydroxyl groups is 5. The molecule has 0 aromatic rings. The minimum Gasteiger partial charge on any atom is -0.805 e. The van der Waals surface area contributed by atoms with E-state index < -0.39 is 60.3 Å². The highest BCUT2D eigenvalue weighted by molar-refractivity contribution is 5.74. The second kappa shape index (κ2) is 3.88. The van der Waals surface area contributed by atoms with E-state index in [1.54, 1.807) is 0 Å². The Morgan fingerprint density at radius 1 is 1.27 bits per heavy atom. The zero-order valence-electron chi connectivity index (χ0n) is 11.2. The van der Waals surface area contributed by atoms with Crippen molar-refractivity contribution < 1.29 is 45.1 Å². The molecule has 9 N–H and O–H groups in total. The van der Waals surface area contributed by atoms with Gasteiger partial charge in [0.25, 0.3) is 0 Å². The van der Waals surface area contributed by atoms with E-state index in [1.165, 1.54) is 0 Å². The third-order valence-electron chi connectivity index (χ3n) is 5.26. The monoisotopic (exact) mass is 319 g/mol. The molecular weight excluding hydrogens is 302 g/mol. The Kier molecular flexibility index (Phi) is 2.57. The Hall–Kier alpha value is -1.05. The second-order valence-corrected chi connectivity index (χ2v) is 6.26. The normalized spacial score (nSPS) is 62.4. The van der Waals surface area contributed by atoms with Crippen molar-refractivity contribution >= 4 is 5.96 Å². The Balaban J connectivity index is 1.95. The van der Waals surface area contributed by atoms with E-state index in [9.17, 15) is 30.6 Å². The number of aliphatic hydroxyl groups excluding tert-OH is 4. The van der Waals surface area contributed by atoms with Crippen LogP contribution in [0.2, 0.25) is 0 Å². The zero-order valence-corrected chi connectivity index (χ0v) is 11.2. The predicted molar refractivity (Wildman–Crippen MR) is 62.0 cm³/mol. The van der Waals surface area contributed by atoms with Gasteiger partial charge in [0.2, 0.25) is 0 Å². The van der Waals surface area contributed by atoms with Crippen molar-refractivity contribution in [1.29, 1.82) is 0 Å². The molecular formula is C11H17N3O8. The summed E-state index contributed by atoms with van der Waals surface area (Å²) in [7, 11) is 0. The van der Waals surface area contributed by atoms with Gasteiger partial charge in [-0.3, -0.25) is 16.0 Å². The SMILES string of the molecule is NC1=[NH+]C(O)[C@H]2C3OC4([O-])OC([C@@H](O)C2(N1)C4O)C3(O)CO. The quantitative estimate of drug-likeness (QED) is 0.230. The number of nitrogens with two attached hydrogens (primary N) is 1. The van der Waals surface area contributed by atoms with Gasteiger partial charge in [-0.15, -0.1) is 0 Å². The summed E-state index contributed by atoms with van der Waals surface area (Å²) < 4.78 is 10.1. The fourth-order valence-electron chi connectivity index (χ4n) is 4.28. The first-order valence-electron chi connectivity index (χ1n) is 6.81. The molecule has 4 bridgehead atoms. The zero-order chi connectivity index (χ0) is 16.1. The Labute approximate surface area is 123 Å². The van der Waals surface area contributed by atoms with Crippen molar-refractivity contribution in [3.8, 4) is 0 Å². The topological polar surface area (TPSA) is 195 Å². The standard InChI is InChI=1S/C11H16N3O8/c12-8-13-6(17)2-4-9(19,1-15)5-3(16)10(2,14-8)7(18)11(20,21-4)22-5/h2-7,15-19H,1H2,(H3,12,13,14)/q-1/p+1/t2-,3-,4?,5?,6?,7?,9?,10?,11?/m1/s1. The first-order chi connectivity index (χ1) is 10.2. The molecule has 1 aliphatic carbocycles. The van der Waals surface area contributed by atoms with E-state index in [1.807, 2.05) is 0 Å². The molecule has 7 unspecified atom stereocenters. The molecule has 0 amide bonds. The average Bonchev–Trinajstić information content (AvgIpc) is 2.45. The summed E-state index contributed by atoms with van der Waals surface area (Å²) in [5, 5.41) is 66.5. The van der Waals surface area contributed by atoms with Crippen LogP contribution in [0.4, 0.5) is 0 Å². The first-order valence-corrected chi connectivity index (χ1v) is 6.81. The van der Waals surface area contributed by atoms with Crippen LogP contribution < -0.4 is 21.1 Å². The van der Waals surface area contributed by atoms with Gasteiger partial charge >= 0.3 is 5.96 Å². The molecule has 4 aliphatic heterocycles. The van der Waals surface area contributed by atoms with Crippen molar-refractivity contribution in [2.24, 2.45) is 11.7 Å². The Morgan fingerprint density at radius 2 is 1.91 bits per heavy atom. The highest BCUT2D eigenvalue weighted by Crippen LogP contribution is 2.56. The second-order valence-electron chi connectivity index (χ2n) is 6.26. The van der Waals surface area contributed by atoms with Gasteiger partial charge in [-0.25, -0.2) is 0 Å². The van der Waals surface area contributed by atoms with Gasteiger partial charge in [-0.05, 0) is 0 Å². The Bertz CT molecular complexity index is 561. The van der Waals surface area contributed by atoms with Crippen LogP contribution in [0.25, 0.3) is 0 Å². The van der Waals surface area contributed by atoms with Crippen LogP contribution in [-0.4, -0.2) is 85.9 Å². The summed E-state index contributed by atoms with van der Waals surface area (Å²) >= 11 is 0. The lowest BCUT2D eigenvalue weighted by molar-refractivity contribution is -0.719. The molecule has 1 saturated carbocycles. The number of nitrogens with one attached hydrogen (secondary N) is 2. The van der Waals surface area contributed by atoms with Crippen molar-refractivity contribution in [3.05, 3.63) is 0 Å². The molecule has 22 heavy (non-hydrogen) atoms. The molecule has 5 rings (SSSR count). The van der Waals surface area contributed by atoms with Gasteiger partial charge in [-0.2, -0.15) is 0 Å². The highest BCUT2D eigenvalue weighted by atomic mass is 16.9. The van der Waals surface area contributed by atoms with Crippen LogP contribution in [-0.2, 0) is 9.47 Å². The van der Waals surface area contributed by atoms with E-state index in [0.717, 1.165) is 0 Å². The lowest BCUT2D eigenvalue weighted by Gasteiger charge is -2.73. The lowest BCUT2D eigenvalue weighted by Crippen LogP contribution is -3.04. The van der Waals surface area contributed by atoms with E-state index in [2.05, 4.69) is 10.3 Å². The maximum absolute atomic E-state index is 12.5. The van der Waals surface area contributed by atoms with E-state index in [0.29, 0.717) is 0 Å². The van der Waals surface area contributed by atoms with Gasteiger partial charge in [0.1, 0.15) is 36.0 Å². The molecule has 124 valence electrons. The van der Waals surface area contributed by atoms with Crippen molar-refractivity contribution in [2.75, 3.05) is 6.61 Å². The summed E-state index contributed by atoms with van der Waals surface area (Å²) in [6, 6.07) is 0. The molecule has 11 heteroatoms. The van der Waals surface area contributed by atoms with E-state index in [-0.39, 0.29) is 5.96 Å². The third-order valence-corrected chi connectivity index (χ3v) is 5.26. The summed E-state index contributed by atoms with van der Waals surface area (Å²) in [6.45, 7) is -0.871. The predicted octanol–water partition coefficient (Wildman–Crippen LogP) is -8.07. The van der Waals surface area contributed by atoms with Gasteiger partial charge < -0.3 is 40.1 Å².